The normalized spacial score (nSPS) is 11.4. The highest BCUT2D eigenvalue weighted by Crippen LogP contribution is 2.18. The second-order valence-corrected chi connectivity index (χ2v) is 3.40. The van der Waals surface area contributed by atoms with Gasteiger partial charge in [0.2, 0.25) is 0 Å². The van der Waals surface area contributed by atoms with E-state index in [0.29, 0.717) is 11.5 Å². The average Bonchev–Trinajstić information content (AvgIpc) is 2.49. The lowest BCUT2D eigenvalue weighted by atomic mass is 10.3. The van der Waals surface area contributed by atoms with Crippen molar-refractivity contribution in [1.29, 1.82) is 0 Å². The van der Waals surface area contributed by atoms with Crippen LogP contribution in [0.15, 0.2) is 6.33 Å². The van der Waals surface area contributed by atoms with Crippen LogP contribution in [0, 0.1) is 0 Å². The standard InChI is InChI=1S/C8H12N6/c1-14(2)3-5-6-7(9)10-4-11-8(6)13-12-5/h4H,3H2,1-2H3,(H3,9,10,11,12,13). The number of nitrogens with one attached hydrogen (secondary N) is 1. The number of rotatable bonds is 2. The first-order chi connectivity index (χ1) is 6.68. The molecule has 0 saturated heterocycles. The summed E-state index contributed by atoms with van der Waals surface area (Å²) in [5, 5.41) is 7.78. The van der Waals surface area contributed by atoms with Gasteiger partial charge in [-0.2, -0.15) is 5.10 Å². The first-order valence-corrected chi connectivity index (χ1v) is 4.26. The predicted molar refractivity (Wildman–Crippen MR) is 53.5 cm³/mol. The average molecular weight is 192 g/mol. The zero-order valence-corrected chi connectivity index (χ0v) is 8.15. The Bertz CT molecular complexity index is 446. The lowest BCUT2D eigenvalue weighted by Gasteiger charge is -2.07. The number of nitrogens with zero attached hydrogens (tertiary/aromatic N) is 4. The van der Waals surface area contributed by atoms with Crippen LogP contribution in [0.2, 0.25) is 0 Å². The fraction of sp³-hybridized carbons (Fsp3) is 0.375. The highest BCUT2D eigenvalue weighted by molar-refractivity contribution is 5.87. The molecule has 2 rings (SSSR count). The number of anilines is 1. The van der Waals surface area contributed by atoms with Gasteiger partial charge in [0, 0.05) is 6.54 Å². The number of H-pyrrole nitrogens is 1. The third-order valence-corrected chi connectivity index (χ3v) is 1.93. The molecule has 0 spiro atoms. The molecule has 0 aliphatic carbocycles. The van der Waals surface area contributed by atoms with E-state index in [1.54, 1.807) is 0 Å². The first kappa shape index (κ1) is 8.89. The van der Waals surface area contributed by atoms with Crippen molar-refractivity contribution in [3.63, 3.8) is 0 Å². The molecule has 2 aromatic heterocycles. The van der Waals surface area contributed by atoms with Crippen molar-refractivity contribution >= 4 is 16.9 Å². The summed E-state index contributed by atoms with van der Waals surface area (Å²) in [6.07, 6.45) is 1.41. The Morgan fingerprint density at radius 1 is 1.43 bits per heavy atom. The molecule has 0 aliphatic heterocycles. The van der Waals surface area contributed by atoms with Crippen LogP contribution in [-0.2, 0) is 6.54 Å². The van der Waals surface area contributed by atoms with E-state index >= 15 is 0 Å². The van der Waals surface area contributed by atoms with E-state index in [-0.39, 0.29) is 0 Å². The Labute approximate surface area is 81.1 Å². The highest BCUT2D eigenvalue weighted by atomic mass is 15.2. The predicted octanol–water partition coefficient (Wildman–Crippen LogP) is -0.00330. The van der Waals surface area contributed by atoms with Crippen molar-refractivity contribution in [1.82, 2.24) is 25.1 Å². The molecule has 0 aromatic carbocycles. The van der Waals surface area contributed by atoms with Gasteiger partial charge in [0.1, 0.15) is 12.1 Å². The van der Waals surface area contributed by atoms with E-state index in [1.165, 1.54) is 6.33 Å². The third kappa shape index (κ3) is 1.39. The molecule has 0 saturated carbocycles. The zero-order chi connectivity index (χ0) is 10.1. The topological polar surface area (TPSA) is 83.7 Å². The Morgan fingerprint density at radius 2 is 2.21 bits per heavy atom. The van der Waals surface area contributed by atoms with E-state index in [0.717, 1.165) is 17.6 Å². The van der Waals surface area contributed by atoms with Crippen LogP contribution in [-0.4, -0.2) is 39.2 Å². The van der Waals surface area contributed by atoms with E-state index in [4.69, 9.17) is 5.73 Å². The maximum absolute atomic E-state index is 5.75. The van der Waals surface area contributed by atoms with Crippen LogP contribution in [0.3, 0.4) is 0 Å². The molecule has 6 heteroatoms. The summed E-state index contributed by atoms with van der Waals surface area (Å²) in [5.41, 5.74) is 7.31. The number of aromatic amines is 1. The van der Waals surface area contributed by atoms with Crippen molar-refractivity contribution in [3.05, 3.63) is 12.0 Å². The minimum atomic E-state index is 0.473. The largest absolute Gasteiger partial charge is 0.383 e. The summed E-state index contributed by atoms with van der Waals surface area (Å²) >= 11 is 0. The molecule has 14 heavy (non-hydrogen) atoms. The molecular weight excluding hydrogens is 180 g/mol. The Morgan fingerprint density at radius 3 is 2.93 bits per heavy atom. The van der Waals surface area contributed by atoms with Gasteiger partial charge in [0.15, 0.2) is 5.65 Å². The second kappa shape index (κ2) is 3.22. The second-order valence-electron chi connectivity index (χ2n) is 3.40. The molecule has 0 radical (unpaired) electrons. The fourth-order valence-electron chi connectivity index (χ4n) is 1.37. The van der Waals surface area contributed by atoms with E-state index in [2.05, 4.69) is 20.2 Å². The number of fused-ring (bicyclic) bond motifs is 1. The van der Waals surface area contributed by atoms with Crippen molar-refractivity contribution in [2.75, 3.05) is 19.8 Å². The molecule has 6 nitrogen and oxygen atoms in total. The van der Waals surface area contributed by atoms with Gasteiger partial charge in [-0.05, 0) is 14.1 Å². The molecule has 0 bridgehead atoms. The maximum atomic E-state index is 5.75. The smallest absolute Gasteiger partial charge is 0.186 e. The number of aromatic nitrogens is 4. The van der Waals surface area contributed by atoms with Crippen LogP contribution in [0.1, 0.15) is 5.69 Å². The highest BCUT2D eigenvalue weighted by Gasteiger charge is 2.10. The summed E-state index contributed by atoms with van der Waals surface area (Å²) in [6.45, 7) is 0.744. The van der Waals surface area contributed by atoms with Crippen LogP contribution in [0.25, 0.3) is 11.0 Å². The van der Waals surface area contributed by atoms with Crippen LogP contribution in [0.4, 0.5) is 5.82 Å². The number of hydrogen-bond donors (Lipinski definition) is 2. The van der Waals surface area contributed by atoms with Gasteiger partial charge in [0.25, 0.3) is 0 Å². The Balaban J connectivity index is 2.55. The van der Waals surface area contributed by atoms with E-state index in [1.807, 2.05) is 19.0 Å². The molecule has 74 valence electrons. The first-order valence-electron chi connectivity index (χ1n) is 4.26. The zero-order valence-electron chi connectivity index (χ0n) is 8.15. The third-order valence-electron chi connectivity index (χ3n) is 1.93. The number of hydrogen-bond acceptors (Lipinski definition) is 5. The summed E-state index contributed by atoms with van der Waals surface area (Å²) in [4.78, 5) is 9.98. The number of nitrogens with two attached hydrogens (primary N) is 1. The molecule has 2 heterocycles. The monoisotopic (exact) mass is 192 g/mol. The minimum Gasteiger partial charge on any atom is -0.383 e. The van der Waals surface area contributed by atoms with Crippen LogP contribution >= 0.6 is 0 Å². The Hall–Kier alpha value is -1.69. The molecular formula is C8H12N6. The number of nitrogen functional groups attached to an aromatic ring is 1. The summed E-state index contributed by atoms with van der Waals surface area (Å²) in [6, 6.07) is 0. The lowest BCUT2D eigenvalue weighted by Crippen LogP contribution is -2.11. The van der Waals surface area contributed by atoms with Crippen LogP contribution < -0.4 is 5.73 Å². The van der Waals surface area contributed by atoms with Crippen molar-refractivity contribution in [2.45, 2.75) is 6.54 Å². The van der Waals surface area contributed by atoms with Gasteiger partial charge < -0.3 is 10.6 Å². The summed E-state index contributed by atoms with van der Waals surface area (Å²) in [5.74, 6) is 0.473. The maximum Gasteiger partial charge on any atom is 0.186 e. The van der Waals surface area contributed by atoms with Gasteiger partial charge in [-0.25, -0.2) is 9.97 Å². The SMILES string of the molecule is CN(C)Cc1[nH]nc2ncnc(N)c12. The molecule has 2 aromatic rings. The Kier molecular flexibility index (Phi) is 2.05. The molecule has 0 unspecified atom stereocenters. The van der Waals surface area contributed by atoms with Gasteiger partial charge in [-0.15, -0.1) is 0 Å². The quantitative estimate of drug-likeness (QED) is 0.699. The molecule has 3 N–H and O–H groups in total. The van der Waals surface area contributed by atoms with E-state index in [9.17, 15) is 0 Å². The van der Waals surface area contributed by atoms with E-state index < -0.39 is 0 Å². The van der Waals surface area contributed by atoms with Gasteiger partial charge in [-0.3, -0.25) is 5.10 Å². The van der Waals surface area contributed by atoms with Crippen molar-refractivity contribution < 1.29 is 0 Å². The van der Waals surface area contributed by atoms with Crippen LogP contribution in [0.5, 0.6) is 0 Å². The molecule has 0 amide bonds. The minimum absolute atomic E-state index is 0.473. The molecule has 0 atom stereocenters. The van der Waals surface area contributed by atoms with Gasteiger partial charge in [0.05, 0.1) is 11.1 Å². The molecule has 0 aliphatic rings. The molecule has 0 fully saturated rings. The fourth-order valence-corrected chi connectivity index (χ4v) is 1.37. The van der Waals surface area contributed by atoms with Gasteiger partial charge in [-0.1, -0.05) is 0 Å². The van der Waals surface area contributed by atoms with Crippen molar-refractivity contribution in [2.24, 2.45) is 0 Å². The van der Waals surface area contributed by atoms with Gasteiger partial charge >= 0.3 is 0 Å². The summed E-state index contributed by atoms with van der Waals surface area (Å²) < 4.78 is 0. The summed E-state index contributed by atoms with van der Waals surface area (Å²) in [7, 11) is 3.96. The van der Waals surface area contributed by atoms with Crippen molar-refractivity contribution in [3.8, 4) is 0 Å². The lowest BCUT2D eigenvalue weighted by molar-refractivity contribution is 0.398.